The zero-order valence-corrected chi connectivity index (χ0v) is 15.6. The van der Waals surface area contributed by atoms with E-state index in [1.54, 1.807) is 49.6 Å². The summed E-state index contributed by atoms with van der Waals surface area (Å²) in [4.78, 5) is 0. The van der Waals surface area contributed by atoms with Crippen LogP contribution in [0.2, 0.25) is 0 Å². The van der Waals surface area contributed by atoms with Crippen LogP contribution in [0, 0.1) is 0 Å². The van der Waals surface area contributed by atoms with Crippen LogP contribution in [-0.2, 0) is 4.57 Å². The van der Waals surface area contributed by atoms with Crippen molar-refractivity contribution < 1.29 is 19.1 Å². The first-order valence-electron chi connectivity index (χ1n) is 8.22. The quantitative estimate of drug-likeness (QED) is 0.674. The Bertz CT molecular complexity index is 866. The SMILES string of the molecule is COc1ccc(OC)c(C(O)P(=O)(c2ccccc2)c2ccccc2)c1. The zero-order chi connectivity index (χ0) is 18.6. The molecule has 0 amide bonds. The Morgan fingerprint density at radius 2 is 1.35 bits per heavy atom. The zero-order valence-electron chi connectivity index (χ0n) is 14.7. The Morgan fingerprint density at radius 1 is 0.808 bits per heavy atom. The first kappa shape index (κ1) is 18.2. The highest BCUT2D eigenvalue weighted by atomic mass is 31.2. The molecular weight excluding hydrogens is 347 g/mol. The van der Waals surface area contributed by atoms with Gasteiger partial charge in [0.1, 0.15) is 17.3 Å². The van der Waals surface area contributed by atoms with Crippen molar-refractivity contribution in [1.82, 2.24) is 0 Å². The standard InChI is InChI=1S/C21H21O4P/c1-24-16-13-14-20(25-2)19(15-16)21(22)26(23,17-9-5-3-6-10-17)18-11-7-4-8-12-18/h3-15,21-22H,1-2H3. The molecule has 0 saturated carbocycles. The molecule has 0 bridgehead atoms. The van der Waals surface area contributed by atoms with Gasteiger partial charge in [-0.2, -0.15) is 0 Å². The molecule has 0 aliphatic rings. The van der Waals surface area contributed by atoms with E-state index in [9.17, 15) is 9.67 Å². The third kappa shape index (κ3) is 3.26. The topological polar surface area (TPSA) is 55.8 Å². The summed E-state index contributed by atoms with van der Waals surface area (Å²) in [6.07, 6.45) is 0. The molecule has 0 aliphatic heterocycles. The highest BCUT2D eigenvalue weighted by Gasteiger charge is 2.38. The lowest BCUT2D eigenvalue weighted by Gasteiger charge is -2.26. The van der Waals surface area contributed by atoms with E-state index in [1.165, 1.54) is 7.11 Å². The molecule has 0 aliphatic carbocycles. The van der Waals surface area contributed by atoms with E-state index in [-0.39, 0.29) is 0 Å². The molecule has 3 aromatic carbocycles. The molecule has 0 radical (unpaired) electrons. The minimum absolute atomic E-state index is 0.433. The summed E-state index contributed by atoms with van der Waals surface area (Å²) in [5, 5.41) is 12.5. The van der Waals surface area contributed by atoms with Gasteiger partial charge >= 0.3 is 0 Å². The third-order valence-electron chi connectivity index (χ3n) is 4.34. The van der Waals surface area contributed by atoms with E-state index in [1.807, 2.05) is 36.4 Å². The summed E-state index contributed by atoms with van der Waals surface area (Å²) in [5.74, 6) is -0.240. The molecule has 3 rings (SSSR count). The third-order valence-corrected chi connectivity index (χ3v) is 7.44. The molecule has 0 heterocycles. The Morgan fingerprint density at radius 3 is 1.81 bits per heavy atom. The minimum atomic E-state index is -3.39. The molecule has 0 aromatic heterocycles. The second-order valence-electron chi connectivity index (χ2n) is 5.81. The summed E-state index contributed by atoms with van der Waals surface area (Å²) in [7, 11) is -0.318. The number of hydrogen-bond donors (Lipinski definition) is 1. The van der Waals surface area contributed by atoms with Crippen LogP contribution in [0.25, 0.3) is 0 Å². The largest absolute Gasteiger partial charge is 0.497 e. The predicted molar refractivity (Wildman–Crippen MR) is 104 cm³/mol. The lowest BCUT2D eigenvalue weighted by atomic mass is 10.2. The van der Waals surface area contributed by atoms with Crippen LogP contribution in [-0.4, -0.2) is 19.3 Å². The van der Waals surface area contributed by atoms with Gasteiger partial charge in [-0.05, 0) is 18.2 Å². The molecule has 5 heteroatoms. The highest BCUT2D eigenvalue weighted by molar-refractivity contribution is 7.78. The van der Waals surface area contributed by atoms with Crippen LogP contribution in [0.15, 0.2) is 78.9 Å². The summed E-state index contributed by atoms with van der Waals surface area (Å²) < 4.78 is 24.9. The van der Waals surface area contributed by atoms with E-state index >= 15 is 0 Å². The van der Waals surface area contributed by atoms with Crippen LogP contribution in [0.4, 0.5) is 0 Å². The van der Waals surface area contributed by atoms with Crippen molar-refractivity contribution in [1.29, 1.82) is 0 Å². The lowest BCUT2D eigenvalue weighted by molar-refractivity contribution is 0.249. The Balaban J connectivity index is 2.22. The second-order valence-corrected chi connectivity index (χ2v) is 8.65. The average molecular weight is 368 g/mol. The van der Waals surface area contributed by atoms with Gasteiger partial charge < -0.3 is 19.1 Å². The van der Waals surface area contributed by atoms with E-state index < -0.39 is 13.0 Å². The fraction of sp³-hybridized carbons (Fsp3) is 0.143. The van der Waals surface area contributed by atoms with Gasteiger partial charge in [-0.25, -0.2) is 0 Å². The van der Waals surface area contributed by atoms with Crippen molar-refractivity contribution in [3.05, 3.63) is 84.4 Å². The Kier molecular flexibility index (Phi) is 5.46. The summed E-state index contributed by atoms with van der Waals surface area (Å²) in [6.45, 7) is 0. The van der Waals surface area contributed by atoms with E-state index in [4.69, 9.17) is 9.47 Å². The molecule has 4 nitrogen and oxygen atoms in total. The number of rotatable bonds is 6. The normalized spacial score (nSPS) is 12.4. The van der Waals surface area contributed by atoms with Gasteiger partial charge in [0.25, 0.3) is 0 Å². The number of aliphatic hydroxyl groups excluding tert-OH is 1. The van der Waals surface area contributed by atoms with Gasteiger partial charge in [0, 0.05) is 16.2 Å². The molecule has 1 N–H and O–H groups in total. The maximum atomic E-state index is 14.2. The van der Waals surface area contributed by atoms with Gasteiger partial charge in [0.15, 0.2) is 7.14 Å². The molecule has 3 aromatic rings. The van der Waals surface area contributed by atoms with E-state index in [2.05, 4.69) is 0 Å². The first-order valence-corrected chi connectivity index (χ1v) is 9.99. The van der Waals surface area contributed by atoms with Crippen LogP contribution < -0.4 is 20.1 Å². The lowest BCUT2D eigenvalue weighted by Crippen LogP contribution is -2.21. The number of aliphatic hydroxyl groups is 1. The van der Waals surface area contributed by atoms with Gasteiger partial charge in [-0.3, -0.25) is 0 Å². The van der Waals surface area contributed by atoms with Gasteiger partial charge in [0.2, 0.25) is 0 Å². The minimum Gasteiger partial charge on any atom is -0.497 e. The highest BCUT2D eigenvalue weighted by Crippen LogP contribution is 2.57. The van der Waals surface area contributed by atoms with Crippen molar-refractivity contribution in [2.45, 2.75) is 5.85 Å². The summed E-state index contributed by atoms with van der Waals surface area (Å²) in [5.41, 5.74) is 0.433. The summed E-state index contributed by atoms with van der Waals surface area (Å²) in [6, 6.07) is 23.2. The van der Waals surface area contributed by atoms with Crippen LogP contribution in [0.3, 0.4) is 0 Å². The van der Waals surface area contributed by atoms with Gasteiger partial charge in [-0.1, -0.05) is 60.7 Å². The Hall–Kier alpha value is -2.55. The second kappa shape index (κ2) is 7.77. The maximum absolute atomic E-state index is 14.2. The number of methoxy groups -OCH3 is 2. The van der Waals surface area contributed by atoms with E-state index in [0.29, 0.717) is 27.7 Å². The molecule has 0 saturated heterocycles. The van der Waals surface area contributed by atoms with E-state index in [0.717, 1.165) is 0 Å². The van der Waals surface area contributed by atoms with Crippen LogP contribution in [0.1, 0.15) is 11.4 Å². The van der Waals surface area contributed by atoms with Gasteiger partial charge in [-0.15, -0.1) is 0 Å². The van der Waals surface area contributed by atoms with Crippen molar-refractivity contribution in [3.8, 4) is 11.5 Å². The van der Waals surface area contributed by atoms with Crippen molar-refractivity contribution in [3.63, 3.8) is 0 Å². The summed E-state index contributed by atoms with van der Waals surface area (Å²) >= 11 is 0. The number of hydrogen-bond acceptors (Lipinski definition) is 4. The van der Waals surface area contributed by atoms with Crippen molar-refractivity contribution in [2.75, 3.05) is 14.2 Å². The van der Waals surface area contributed by atoms with Crippen molar-refractivity contribution in [2.24, 2.45) is 0 Å². The average Bonchev–Trinajstić information content (AvgIpc) is 2.73. The number of benzene rings is 3. The predicted octanol–water partition coefficient (Wildman–Crippen LogP) is 3.71. The maximum Gasteiger partial charge on any atom is 0.174 e. The van der Waals surface area contributed by atoms with Crippen molar-refractivity contribution >= 4 is 17.8 Å². The first-order chi connectivity index (χ1) is 12.6. The smallest absolute Gasteiger partial charge is 0.174 e. The monoisotopic (exact) mass is 368 g/mol. The van der Waals surface area contributed by atoms with Gasteiger partial charge in [0.05, 0.1) is 14.2 Å². The fourth-order valence-corrected chi connectivity index (χ4v) is 5.65. The molecule has 26 heavy (non-hydrogen) atoms. The molecule has 1 atom stereocenters. The van der Waals surface area contributed by atoms with Crippen LogP contribution >= 0.6 is 7.14 Å². The van der Waals surface area contributed by atoms with Crippen LogP contribution in [0.5, 0.6) is 11.5 Å². The number of ether oxygens (including phenoxy) is 2. The molecule has 0 spiro atoms. The molecular formula is C21H21O4P. The molecule has 0 fully saturated rings. The molecule has 134 valence electrons. The fourth-order valence-electron chi connectivity index (χ4n) is 2.97. The molecule has 1 unspecified atom stereocenters. The Labute approximate surface area is 153 Å².